The van der Waals surface area contributed by atoms with Crippen LogP contribution in [0.1, 0.15) is 37.0 Å². The third-order valence-corrected chi connectivity index (χ3v) is 8.68. The van der Waals surface area contributed by atoms with Gasteiger partial charge in [-0.05, 0) is 86.3 Å². The number of ether oxygens (including phenoxy) is 1. The van der Waals surface area contributed by atoms with Gasteiger partial charge in [0.05, 0.1) is 10.6 Å². The van der Waals surface area contributed by atoms with E-state index in [0.29, 0.717) is 5.75 Å². The number of rotatable bonds is 11. The second kappa shape index (κ2) is 15.3. The number of piperidine rings is 1. The van der Waals surface area contributed by atoms with Crippen LogP contribution in [0.3, 0.4) is 0 Å². The maximum absolute atomic E-state index is 13.5. The van der Waals surface area contributed by atoms with Crippen molar-refractivity contribution < 1.29 is 45.5 Å². The quantitative estimate of drug-likeness (QED) is 0.244. The molecule has 47 heavy (non-hydrogen) atoms. The van der Waals surface area contributed by atoms with E-state index in [-0.39, 0.29) is 39.4 Å². The summed E-state index contributed by atoms with van der Waals surface area (Å²) in [6.45, 7) is 4.68. The van der Waals surface area contributed by atoms with E-state index < -0.39 is 45.9 Å². The molecule has 1 heterocycles. The summed E-state index contributed by atoms with van der Waals surface area (Å²) in [7, 11) is -4.25. The summed E-state index contributed by atoms with van der Waals surface area (Å²) in [4.78, 5) is 42.9. The molecule has 3 aromatic rings. The Bertz CT molecular complexity index is 1650. The van der Waals surface area contributed by atoms with Crippen LogP contribution in [0.5, 0.6) is 11.5 Å². The lowest BCUT2D eigenvalue weighted by atomic mass is 9.97. The van der Waals surface area contributed by atoms with E-state index >= 15 is 0 Å². The lowest BCUT2D eigenvalue weighted by molar-refractivity contribution is -0.235. The zero-order valence-electron chi connectivity index (χ0n) is 25.6. The molecule has 1 atom stereocenters. The first-order chi connectivity index (χ1) is 22.3. The maximum atomic E-state index is 13.5. The first kappa shape index (κ1) is 35.2. The fourth-order valence-electron chi connectivity index (χ4n) is 4.84. The van der Waals surface area contributed by atoms with Crippen molar-refractivity contribution in [1.29, 1.82) is 0 Å². The minimum absolute atomic E-state index is 0.108. The van der Waals surface area contributed by atoms with Gasteiger partial charge in [-0.15, -0.1) is 0 Å². The zero-order chi connectivity index (χ0) is 34.2. The molecule has 3 aromatic carbocycles. The zero-order valence-corrected chi connectivity index (χ0v) is 26.4. The number of nitrogens with zero attached hydrogens (tertiary/aromatic N) is 1. The summed E-state index contributed by atoms with van der Waals surface area (Å²) in [5, 5.41) is 5.97. The topological polar surface area (TPSA) is 143 Å². The van der Waals surface area contributed by atoms with Crippen molar-refractivity contribution in [2.75, 3.05) is 24.4 Å². The number of amides is 2. The molecule has 0 bridgehead atoms. The Kier molecular flexibility index (Phi) is 11.5. The standard InChI is InChI=1S/C32H35F3N4O7S/c1-21(2)28(29(40)37-20-22-16-18-36-19-17-22)39(46-31(42)32(33,34)35)30(41)23-12-14-25(15-13-23)47(43,44)38-26-10-6-7-11-27(26)45-24-8-4-3-5-9-24/h3-15,21-22,28,36,38H,16-20H2,1-2H3,(H,37,40)/t28-/m0/s1. The molecular formula is C32H35F3N4O7S. The monoisotopic (exact) mass is 676 g/mol. The first-order valence-corrected chi connectivity index (χ1v) is 16.3. The summed E-state index contributed by atoms with van der Waals surface area (Å²) in [6, 6.07) is 17.6. The molecule has 11 nitrogen and oxygen atoms in total. The van der Waals surface area contributed by atoms with Gasteiger partial charge in [0.25, 0.3) is 15.9 Å². The van der Waals surface area contributed by atoms with Gasteiger partial charge in [-0.1, -0.05) is 44.2 Å². The number of sulfonamides is 1. The molecule has 0 aromatic heterocycles. The van der Waals surface area contributed by atoms with Crippen molar-refractivity contribution in [3.63, 3.8) is 0 Å². The molecule has 1 fully saturated rings. The van der Waals surface area contributed by atoms with E-state index in [0.717, 1.165) is 50.2 Å². The number of benzene rings is 3. The predicted octanol–water partition coefficient (Wildman–Crippen LogP) is 4.88. The number of halogens is 3. The molecule has 2 amide bonds. The molecule has 0 saturated carbocycles. The molecule has 0 unspecified atom stereocenters. The lowest BCUT2D eigenvalue weighted by Crippen LogP contribution is -2.54. The van der Waals surface area contributed by atoms with Crippen LogP contribution in [-0.4, -0.2) is 63.1 Å². The average molecular weight is 677 g/mol. The number of nitrogens with one attached hydrogen (secondary N) is 3. The van der Waals surface area contributed by atoms with Crippen molar-refractivity contribution >= 4 is 33.5 Å². The van der Waals surface area contributed by atoms with Crippen LogP contribution in [-0.2, 0) is 24.4 Å². The smallest absolute Gasteiger partial charge is 0.455 e. The Morgan fingerprint density at radius 1 is 0.936 bits per heavy atom. The van der Waals surface area contributed by atoms with Crippen LogP contribution in [0.2, 0.25) is 0 Å². The van der Waals surface area contributed by atoms with E-state index in [2.05, 4.69) is 20.2 Å². The Labute approximate surface area is 270 Å². The third kappa shape index (κ3) is 9.45. The second-order valence-electron chi connectivity index (χ2n) is 11.2. The van der Waals surface area contributed by atoms with E-state index in [9.17, 15) is 36.0 Å². The van der Waals surface area contributed by atoms with E-state index in [4.69, 9.17) is 4.74 Å². The Hall–Kier alpha value is -4.63. The van der Waals surface area contributed by atoms with Crippen molar-refractivity contribution in [3.8, 4) is 11.5 Å². The Morgan fingerprint density at radius 2 is 1.55 bits per heavy atom. The van der Waals surface area contributed by atoms with Gasteiger partial charge in [-0.25, -0.2) is 13.2 Å². The highest BCUT2D eigenvalue weighted by atomic mass is 32.2. The fraction of sp³-hybridized carbons (Fsp3) is 0.344. The molecule has 3 N–H and O–H groups in total. The van der Waals surface area contributed by atoms with Gasteiger partial charge in [0.1, 0.15) is 5.75 Å². The molecule has 252 valence electrons. The molecule has 0 radical (unpaired) electrons. The SMILES string of the molecule is CC(C)[C@@H](C(=O)NCC1CCNCC1)N(OC(=O)C(F)(F)F)C(=O)c1ccc(S(=O)(=O)Nc2ccccc2Oc2ccccc2)cc1. The van der Waals surface area contributed by atoms with Crippen LogP contribution in [0.15, 0.2) is 83.8 Å². The second-order valence-corrected chi connectivity index (χ2v) is 12.9. The fourth-order valence-corrected chi connectivity index (χ4v) is 5.91. The summed E-state index contributed by atoms with van der Waals surface area (Å²) in [5.74, 6) is -4.72. The number of alkyl halides is 3. The van der Waals surface area contributed by atoms with Gasteiger partial charge in [0.2, 0.25) is 5.91 Å². The highest BCUT2D eigenvalue weighted by Gasteiger charge is 2.46. The summed E-state index contributed by atoms with van der Waals surface area (Å²) in [6.07, 6.45) is -3.92. The third-order valence-electron chi connectivity index (χ3n) is 7.30. The van der Waals surface area contributed by atoms with E-state index in [1.165, 1.54) is 19.9 Å². The van der Waals surface area contributed by atoms with Crippen molar-refractivity contribution in [3.05, 3.63) is 84.4 Å². The van der Waals surface area contributed by atoms with E-state index in [1.54, 1.807) is 48.5 Å². The number of anilines is 1. The van der Waals surface area contributed by atoms with Crippen LogP contribution >= 0.6 is 0 Å². The molecule has 1 aliphatic heterocycles. The summed E-state index contributed by atoms with van der Waals surface area (Å²) in [5.41, 5.74) is -0.208. The molecule has 4 rings (SSSR count). The number of hydroxylamine groups is 2. The normalized spacial score (nSPS) is 14.6. The van der Waals surface area contributed by atoms with Crippen molar-refractivity contribution in [2.45, 2.75) is 43.8 Å². The molecule has 15 heteroatoms. The van der Waals surface area contributed by atoms with Gasteiger partial charge >= 0.3 is 12.1 Å². The van der Waals surface area contributed by atoms with Crippen molar-refractivity contribution in [2.24, 2.45) is 11.8 Å². The summed E-state index contributed by atoms with van der Waals surface area (Å²) < 4.78 is 74.5. The van der Waals surface area contributed by atoms with Gasteiger partial charge in [0, 0.05) is 12.1 Å². The Morgan fingerprint density at radius 3 is 2.17 bits per heavy atom. The first-order valence-electron chi connectivity index (χ1n) is 14.8. The summed E-state index contributed by atoms with van der Waals surface area (Å²) >= 11 is 0. The number of carbonyl (C=O) groups excluding carboxylic acids is 3. The lowest BCUT2D eigenvalue weighted by Gasteiger charge is -2.32. The van der Waals surface area contributed by atoms with E-state index in [1.807, 2.05) is 0 Å². The maximum Gasteiger partial charge on any atom is 0.493 e. The molecule has 0 spiro atoms. The number of hydrogen-bond acceptors (Lipinski definition) is 8. The number of para-hydroxylation sites is 3. The van der Waals surface area contributed by atoms with Gasteiger partial charge in [0.15, 0.2) is 11.8 Å². The molecule has 1 saturated heterocycles. The van der Waals surface area contributed by atoms with Gasteiger partial charge in [-0.2, -0.15) is 18.2 Å². The van der Waals surface area contributed by atoms with Crippen LogP contribution in [0, 0.1) is 11.8 Å². The largest absolute Gasteiger partial charge is 0.493 e. The highest BCUT2D eigenvalue weighted by molar-refractivity contribution is 7.92. The number of hydrogen-bond donors (Lipinski definition) is 3. The minimum Gasteiger partial charge on any atom is -0.455 e. The Balaban J connectivity index is 1.56. The van der Waals surface area contributed by atoms with Crippen LogP contribution in [0.4, 0.5) is 18.9 Å². The molecular weight excluding hydrogens is 641 g/mol. The van der Waals surface area contributed by atoms with Crippen LogP contribution < -0.4 is 20.1 Å². The molecule has 1 aliphatic rings. The molecule has 0 aliphatic carbocycles. The minimum atomic E-state index is -5.46. The number of carbonyl (C=O) groups is 3. The van der Waals surface area contributed by atoms with Crippen LogP contribution in [0.25, 0.3) is 0 Å². The highest BCUT2D eigenvalue weighted by Crippen LogP contribution is 2.31. The van der Waals surface area contributed by atoms with Gasteiger partial charge < -0.3 is 20.2 Å². The average Bonchev–Trinajstić information content (AvgIpc) is 3.04. The predicted molar refractivity (Wildman–Crippen MR) is 166 cm³/mol. The van der Waals surface area contributed by atoms with Gasteiger partial charge in [-0.3, -0.25) is 14.3 Å². The van der Waals surface area contributed by atoms with Crippen molar-refractivity contribution in [1.82, 2.24) is 15.7 Å².